The van der Waals surface area contributed by atoms with E-state index in [2.05, 4.69) is 15.9 Å². The van der Waals surface area contributed by atoms with E-state index in [1.165, 1.54) is 0 Å². The monoisotopic (exact) mass is 240 g/mol. The molecule has 0 rings (SSSR count). The van der Waals surface area contributed by atoms with Crippen LogP contribution in [0.25, 0.3) is 0 Å². The quantitative estimate of drug-likeness (QED) is 0.246. The maximum Gasteiger partial charge on any atom is 0.511 e. The van der Waals surface area contributed by atoms with Gasteiger partial charge >= 0.3 is 4.57 Å². The Hall–Kier alpha value is -0.720. The Morgan fingerprint density at radius 3 is 1.75 bits per heavy atom. The standard InChI is InChI=1S/C5H9BrN2O4/c1-4(2)3-5(6,7(9)10)8(11)12/h4H,3H2,1-2H3. The molecule has 0 unspecified atom stereocenters. The third kappa shape index (κ3) is 2.40. The highest BCUT2D eigenvalue weighted by molar-refractivity contribution is 9.09. The van der Waals surface area contributed by atoms with Gasteiger partial charge in [0.1, 0.15) is 16.3 Å². The minimum atomic E-state index is -2.22. The van der Waals surface area contributed by atoms with Crippen LogP contribution in [0, 0.1) is 26.1 Å². The van der Waals surface area contributed by atoms with Crippen molar-refractivity contribution < 1.29 is 9.85 Å². The minimum Gasteiger partial charge on any atom is -0.258 e. The molecule has 0 aromatic heterocycles. The van der Waals surface area contributed by atoms with Crippen molar-refractivity contribution in [3.8, 4) is 0 Å². The predicted molar refractivity (Wildman–Crippen MR) is 45.1 cm³/mol. The lowest BCUT2D eigenvalue weighted by Crippen LogP contribution is -2.41. The van der Waals surface area contributed by atoms with Gasteiger partial charge < -0.3 is 0 Å². The molecule has 0 bridgehead atoms. The molecule has 7 heteroatoms. The van der Waals surface area contributed by atoms with E-state index in [9.17, 15) is 20.2 Å². The van der Waals surface area contributed by atoms with Crippen LogP contribution in [-0.2, 0) is 0 Å². The van der Waals surface area contributed by atoms with Crippen LogP contribution in [0.4, 0.5) is 0 Å². The van der Waals surface area contributed by atoms with E-state index in [1.54, 1.807) is 13.8 Å². The van der Waals surface area contributed by atoms with Gasteiger partial charge in [-0.15, -0.1) is 0 Å². The third-order valence-electron chi connectivity index (χ3n) is 1.23. The largest absolute Gasteiger partial charge is 0.511 e. The average Bonchev–Trinajstić information content (AvgIpc) is 1.84. The van der Waals surface area contributed by atoms with Crippen LogP contribution in [0.5, 0.6) is 0 Å². The topological polar surface area (TPSA) is 86.3 Å². The van der Waals surface area contributed by atoms with Gasteiger partial charge in [-0.2, -0.15) is 0 Å². The van der Waals surface area contributed by atoms with E-state index >= 15 is 0 Å². The Bertz CT molecular complexity index is 192. The lowest BCUT2D eigenvalue weighted by molar-refractivity contribution is -0.760. The maximum absolute atomic E-state index is 10.3. The van der Waals surface area contributed by atoms with Gasteiger partial charge in [0.2, 0.25) is 0 Å². The zero-order chi connectivity index (χ0) is 9.94. The van der Waals surface area contributed by atoms with Crippen molar-refractivity contribution in [2.45, 2.75) is 24.8 Å². The molecule has 0 aromatic carbocycles. The molecule has 6 nitrogen and oxygen atoms in total. The molecule has 0 spiro atoms. The molecule has 0 aliphatic rings. The number of nitro groups is 2. The van der Waals surface area contributed by atoms with E-state index in [1.807, 2.05) is 0 Å². The SMILES string of the molecule is CC(C)CC(Br)([N+](=O)[O-])[N+](=O)[O-]. The van der Waals surface area contributed by atoms with Crippen LogP contribution in [0.2, 0.25) is 0 Å². The number of alkyl halides is 1. The highest BCUT2D eigenvalue weighted by atomic mass is 79.9. The van der Waals surface area contributed by atoms with Gasteiger partial charge in [-0.3, -0.25) is 20.2 Å². The zero-order valence-electron chi connectivity index (χ0n) is 6.69. The summed E-state index contributed by atoms with van der Waals surface area (Å²) in [7, 11) is 0. The summed E-state index contributed by atoms with van der Waals surface area (Å²) in [5.74, 6) is -0.111. The summed E-state index contributed by atoms with van der Waals surface area (Å²) in [5.41, 5.74) is 0. The van der Waals surface area contributed by atoms with Gasteiger partial charge in [0.15, 0.2) is 0 Å². The molecule has 0 heterocycles. The van der Waals surface area contributed by atoms with Crippen LogP contribution < -0.4 is 0 Å². The molecule has 0 atom stereocenters. The number of halogens is 1. The number of rotatable bonds is 4. The second kappa shape index (κ2) is 3.79. The normalized spacial score (nSPS) is 11.7. The molecule has 0 aliphatic heterocycles. The van der Waals surface area contributed by atoms with E-state index in [0.717, 1.165) is 0 Å². The van der Waals surface area contributed by atoms with E-state index in [4.69, 9.17) is 0 Å². The van der Waals surface area contributed by atoms with Crippen molar-refractivity contribution in [3.05, 3.63) is 20.2 Å². The second-order valence-corrected chi connectivity index (χ2v) is 4.10. The van der Waals surface area contributed by atoms with Crippen molar-refractivity contribution in [3.63, 3.8) is 0 Å². The van der Waals surface area contributed by atoms with Crippen LogP contribution in [0.3, 0.4) is 0 Å². The van der Waals surface area contributed by atoms with Gasteiger partial charge in [-0.25, -0.2) is 0 Å². The fourth-order valence-corrected chi connectivity index (χ4v) is 1.38. The summed E-state index contributed by atoms with van der Waals surface area (Å²) in [6.45, 7) is 3.37. The van der Waals surface area contributed by atoms with Crippen molar-refractivity contribution in [2.24, 2.45) is 5.92 Å². The summed E-state index contributed by atoms with van der Waals surface area (Å²) in [6.07, 6.45) is -0.132. The first kappa shape index (κ1) is 11.3. The highest BCUT2D eigenvalue weighted by Gasteiger charge is 2.53. The van der Waals surface area contributed by atoms with E-state index in [-0.39, 0.29) is 12.3 Å². The lowest BCUT2D eigenvalue weighted by atomic mass is 10.1. The fourth-order valence-electron chi connectivity index (χ4n) is 0.735. The number of hydrogen-bond acceptors (Lipinski definition) is 4. The lowest BCUT2D eigenvalue weighted by Gasteiger charge is -2.11. The third-order valence-corrected chi connectivity index (χ3v) is 2.13. The van der Waals surface area contributed by atoms with Gasteiger partial charge in [0.25, 0.3) is 0 Å². The molecule has 0 saturated heterocycles. The zero-order valence-corrected chi connectivity index (χ0v) is 8.28. The number of nitrogens with zero attached hydrogens (tertiary/aromatic N) is 2. The molecule has 0 aromatic rings. The predicted octanol–water partition coefficient (Wildman–Crippen LogP) is 1.63. The van der Waals surface area contributed by atoms with Crippen LogP contribution in [0.1, 0.15) is 20.3 Å². The summed E-state index contributed by atoms with van der Waals surface area (Å²) >= 11 is 2.52. The molecule has 70 valence electrons. The smallest absolute Gasteiger partial charge is 0.258 e. The Balaban J connectivity index is 4.63. The fraction of sp³-hybridized carbons (Fsp3) is 1.00. The van der Waals surface area contributed by atoms with Gasteiger partial charge in [0, 0.05) is 0 Å². The molecule has 0 fully saturated rings. The van der Waals surface area contributed by atoms with E-state index in [0.29, 0.717) is 0 Å². The molecule has 0 radical (unpaired) electrons. The van der Waals surface area contributed by atoms with Gasteiger partial charge in [0.05, 0.1) is 15.9 Å². The van der Waals surface area contributed by atoms with Crippen molar-refractivity contribution >= 4 is 15.9 Å². The summed E-state index contributed by atoms with van der Waals surface area (Å²) in [4.78, 5) is 18.8. The maximum atomic E-state index is 10.3. The van der Waals surface area contributed by atoms with Crippen molar-refractivity contribution in [1.82, 2.24) is 0 Å². The molecular formula is C5H9BrN2O4. The first-order chi connectivity index (χ1) is 5.30. The Morgan fingerprint density at radius 2 is 1.67 bits per heavy atom. The Morgan fingerprint density at radius 1 is 1.33 bits per heavy atom. The molecule has 0 amide bonds. The van der Waals surface area contributed by atoms with E-state index < -0.39 is 14.4 Å². The van der Waals surface area contributed by atoms with Crippen LogP contribution in [0.15, 0.2) is 0 Å². The second-order valence-electron chi connectivity index (χ2n) is 2.83. The summed E-state index contributed by atoms with van der Waals surface area (Å²) < 4.78 is -2.22. The first-order valence-electron chi connectivity index (χ1n) is 3.28. The molecule has 12 heavy (non-hydrogen) atoms. The van der Waals surface area contributed by atoms with Gasteiger partial charge in [-0.05, 0) is 5.92 Å². The van der Waals surface area contributed by atoms with Crippen LogP contribution >= 0.6 is 15.9 Å². The Kier molecular flexibility index (Phi) is 3.56. The highest BCUT2D eigenvalue weighted by Crippen LogP contribution is 2.27. The average molecular weight is 241 g/mol. The minimum absolute atomic E-state index is 0.111. The van der Waals surface area contributed by atoms with Gasteiger partial charge in [-0.1, -0.05) is 13.8 Å². The van der Waals surface area contributed by atoms with Crippen LogP contribution in [-0.4, -0.2) is 14.4 Å². The summed E-state index contributed by atoms with van der Waals surface area (Å²) in [5, 5.41) is 20.6. The van der Waals surface area contributed by atoms with Crippen molar-refractivity contribution in [2.75, 3.05) is 0 Å². The first-order valence-corrected chi connectivity index (χ1v) is 4.08. The molecule has 0 aliphatic carbocycles. The molecule has 0 saturated carbocycles. The summed E-state index contributed by atoms with van der Waals surface area (Å²) in [6, 6.07) is 0. The Labute approximate surface area is 77.4 Å². The number of hydrogen-bond donors (Lipinski definition) is 0. The molecular weight excluding hydrogens is 232 g/mol. The molecule has 0 N–H and O–H groups in total. The van der Waals surface area contributed by atoms with Crippen molar-refractivity contribution in [1.29, 1.82) is 0 Å².